The number of cyclic esters (lactones) is 3. The van der Waals surface area contributed by atoms with E-state index in [1.165, 1.54) is 6.08 Å². The van der Waals surface area contributed by atoms with E-state index in [1.54, 1.807) is 12.2 Å². The first-order valence-corrected chi connectivity index (χ1v) is 22.1. The molecule has 3 N–H and O–H groups in total. The molecule has 2 saturated heterocycles. The number of aliphatic hydroxyl groups is 3. The second-order valence-corrected chi connectivity index (χ2v) is 15.8. The van der Waals surface area contributed by atoms with Gasteiger partial charge in [-0.15, -0.1) is 0 Å². The zero-order valence-electron chi connectivity index (χ0n) is 37.2. The van der Waals surface area contributed by atoms with Gasteiger partial charge in [0.2, 0.25) is 0 Å². The van der Waals surface area contributed by atoms with E-state index in [1.807, 2.05) is 72.8 Å². The molecule has 0 saturated carbocycles. The zero-order chi connectivity index (χ0) is 47.5. The molecule has 4 atom stereocenters. The molecule has 68 heavy (non-hydrogen) atoms. The number of carbonyl (C=O) groups is 3. The summed E-state index contributed by atoms with van der Waals surface area (Å²) < 4.78 is 57.9. The van der Waals surface area contributed by atoms with Gasteiger partial charge in [0, 0.05) is 0 Å². The van der Waals surface area contributed by atoms with E-state index in [0.29, 0.717) is 36.2 Å². The number of ether oxygens (including phenoxy) is 11. The number of esters is 3. The van der Waals surface area contributed by atoms with Crippen LogP contribution >= 0.6 is 0 Å². The quantitative estimate of drug-likeness (QED) is 0.0541. The van der Waals surface area contributed by atoms with Crippen LogP contribution in [0.3, 0.4) is 0 Å². The van der Waals surface area contributed by atoms with Gasteiger partial charge in [0.1, 0.15) is 124 Å². The minimum atomic E-state index is -0.838. The van der Waals surface area contributed by atoms with Crippen LogP contribution in [0.15, 0.2) is 133 Å². The molecule has 4 aromatic carbocycles. The molecule has 0 aliphatic carbocycles. The number of epoxide rings is 2. The molecule has 17 nitrogen and oxygen atoms in total. The van der Waals surface area contributed by atoms with Crippen LogP contribution in [0.5, 0.6) is 23.0 Å². The van der Waals surface area contributed by atoms with Crippen LogP contribution < -0.4 is 18.9 Å². The van der Waals surface area contributed by atoms with Crippen molar-refractivity contribution in [2.45, 2.75) is 43.7 Å². The average molecular weight is 939 g/mol. The summed E-state index contributed by atoms with van der Waals surface area (Å²) in [7, 11) is 0. The van der Waals surface area contributed by atoms with Crippen molar-refractivity contribution in [1.82, 2.24) is 0 Å². The maximum Gasteiger partial charge on any atom is 0.310 e. The van der Waals surface area contributed by atoms with Gasteiger partial charge in [-0.3, -0.25) is 14.4 Å². The highest BCUT2D eigenvalue weighted by atomic mass is 16.6. The van der Waals surface area contributed by atoms with Gasteiger partial charge in [0.15, 0.2) is 0 Å². The predicted octanol–water partition coefficient (Wildman–Crippen LogP) is 5.81. The Morgan fingerprint density at radius 3 is 1.03 bits per heavy atom. The summed E-state index contributed by atoms with van der Waals surface area (Å²) in [5.41, 5.74) is 4.27. The molecule has 0 amide bonds. The molecule has 0 aromatic heterocycles. The van der Waals surface area contributed by atoms with Gasteiger partial charge in [0.25, 0.3) is 0 Å². The van der Waals surface area contributed by atoms with E-state index in [4.69, 9.17) is 52.5 Å². The first-order valence-electron chi connectivity index (χ1n) is 22.1. The maximum atomic E-state index is 11.0. The van der Waals surface area contributed by atoms with Crippen molar-refractivity contribution in [3.8, 4) is 45.3 Å². The molecule has 5 aliphatic rings. The third-order valence-corrected chi connectivity index (χ3v) is 10.2. The Bertz CT molecular complexity index is 2180. The molecule has 17 heteroatoms. The molecule has 2 fully saturated rings. The summed E-state index contributed by atoms with van der Waals surface area (Å²) in [5, 5.41) is 28.8. The van der Waals surface area contributed by atoms with E-state index in [9.17, 15) is 24.6 Å². The molecule has 5 aliphatic heterocycles. The summed E-state index contributed by atoms with van der Waals surface area (Å²) in [6.07, 6.45) is 4.18. The first-order chi connectivity index (χ1) is 33.1. The van der Waals surface area contributed by atoms with E-state index >= 15 is 0 Å². The minimum absolute atomic E-state index is 0.0369. The van der Waals surface area contributed by atoms with Crippen molar-refractivity contribution >= 4 is 17.9 Å². The van der Waals surface area contributed by atoms with Gasteiger partial charge in [0.05, 0.1) is 32.5 Å². The lowest BCUT2D eigenvalue weighted by Crippen LogP contribution is -2.25. The summed E-state index contributed by atoms with van der Waals surface area (Å²) in [6.45, 7) is 3.30. The van der Waals surface area contributed by atoms with Crippen molar-refractivity contribution < 1.29 is 81.8 Å². The van der Waals surface area contributed by atoms with E-state index < -0.39 is 12.2 Å². The van der Waals surface area contributed by atoms with Gasteiger partial charge in [-0.2, -0.15) is 0 Å². The van der Waals surface area contributed by atoms with Gasteiger partial charge < -0.3 is 67.4 Å². The third kappa shape index (κ3) is 17.3. The molecule has 4 unspecified atom stereocenters. The van der Waals surface area contributed by atoms with Crippen LogP contribution in [0.2, 0.25) is 0 Å². The number of rotatable bonds is 20. The van der Waals surface area contributed by atoms with E-state index in [-0.39, 0.29) is 101 Å². The SMILES string of the molecule is O=C1CC=C(O)CO1.O=C1CC=C(OCC(O)COc2ccc(-c3ccc(OCC(O)COC4=CCC(=O)OC4)cc3)cc2)CO1.c1cc(-c2ccc(OCC3CO3)cc2)ccc1OCC1CO1. The molecule has 5 heterocycles. The van der Waals surface area contributed by atoms with Crippen molar-refractivity contribution in [2.24, 2.45) is 0 Å². The van der Waals surface area contributed by atoms with Crippen LogP contribution in [0.25, 0.3) is 22.3 Å². The van der Waals surface area contributed by atoms with Crippen LogP contribution in [0.1, 0.15) is 19.3 Å². The molecule has 9 rings (SSSR count). The van der Waals surface area contributed by atoms with Crippen molar-refractivity contribution in [3.05, 3.63) is 133 Å². The van der Waals surface area contributed by atoms with Gasteiger partial charge in [-0.05, 0) is 89.0 Å². The summed E-state index contributed by atoms with van der Waals surface area (Å²) in [5.74, 6) is 3.30. The van der Waals surface area contributed by atoms with E-state index in [2.05, 4.69) is 29.0 Å². The summed E-state index contributed by atoms with van der Waals surface area (Å²) >= 11 is 0. The highest BCUT2D eigenvalue weighted by Crippen LogP contribution is 2.27. The van der Waals surface area contributed by atoms with Crippen molar-refractivity contribution in [2.75, 3.05) is 72.7 Å². The standard InChI is InChI=1S/C28H30O10.C18H18O4.C5H6O3/c29-21(15-35-25-9-11-27(31)37-17-25)13-33-23-5-1-19(2-6-23)20-3-7-24(8-4-20)34-14-22(30)16-36-26-10-12-28(32)38-18-26;1-5-15(19-9-17-11-21-17)6-2-13(1)14-3-7-16(8-4-14)20-10-18-12-22-18;6-4-1-2-5(7)8-3-4/h1-10,21-22,29-30H,11-18H2;1-8,17-18H,9-12H2;1,6H,2-3H2. The number of hydrogen-bond acceptors (Lipinski definition) is 17. The predicted molar refractivity (Wildman–Crippen MR) is 243 cm³/mol. The Hall–Kier alpha value is -7.05. The van der Waals surface area contributed by atoms with Crippen molar-refractivity contribution in [3.63, 3.8) is 0 Å². The highest BCUT2D eigenvalue weighted by Gasteiger charge is 2.24. The third-order valence-electron chi connectivity index (χ3n) is 10.2. The fraction of sp³-hybridized carbons (Fsp3) is 0.353. The second-order valence-electron chi connectivity index (χ2n) is 15.8. The highest BCUT2D eigenvalue weighted by molar-refractivity contribution is 5.73. The molecular weight excluding hydrogens is 885 g/mol. The summed E-state index contributed by atoms with van der Waals surface area (Å²) in [6, 6.07) is 31.1. The smallest absolute Gasteiger partial charge is 0.310 e. The lowest BCUT2D eigenvalue weighted by atomic mass is 10.1. The fourth-order valence-electron chi connectivity index (χ4n) is 6.18. The fourth-order valence-corrected chi connectivity index (χ4v) is 6.18. The van der Waals surface area contributed by atoms with Crippen molar-refractivity contribution in [1.29, 1.82) is 0 Å². The Kier molecular flexibility index (Phi) is 18.1. The Labute approximate surface area is 392 Å². The lowest BCUT2D eigenvalue weighted by Gasteiger charge is -2.18. The lowest BCUT2D eigenvalue weighted by molar-refractivity contribution is -0.145. The Balaban J connectivity index is 0.000000189. The van der Waals surface area contributed by atoms with Crippen LogP contribution in [-0.4, -0.2) is 130 Å². The Morgan fingerprint density at radius 1 is 0.441 bits per heavy atom. The van der Waals surface area contributed by atoms with Gasteiger partial charge in [-0.25, -0.2) is 0 Å². The molecule has 4 aromatic rings. The molecule has 0 bridgehead atoms. The monoisotopic (exact) mass is 938 g/mol. The van der Waals surface area contributed by atoms with E-state index in [0.717, 1.165) is 47.0 Å². The molecule has 0 radical (unpaired) electrons. The maximum absolute atomic E-state index is 11.0. The number of aliphatic hydroxyl groups excluding tert-OH is 3. The average Bonchev–Trinajstić information content (AvgIpc) is 4.33. The molecule has 0 spiro atoms. The van der Waals surface area contributed by atoms with Crippen LogP contribution in [0, 0.1) is 0 Å². The first kappa shape index (κ1) is 48.9. The zero-order valence-corrected chi connectivity index (χ0v) is 37.2. The van der Waals surface area contributed by atoms with Crippen LogP contribution in [0.4, 0.5) is 0 Å². The normalized spacial score (nSPS) is 18.9. The topological polar surface area (TPSA) is 220 Å². The number of hydrogen-bond donors (Lipinski definition) is 3. The largest absolute Gasteiger partial charge is 0.509 e. The molecular formula is C51H54O17. The second kappa shape index (κ2) is 25.2. The van der Waals surface area contributed by atoms with Crippen LogP contribution in [-0.2, 0) is 47.5 Å². The molecule has 360 valence electrons. The Morgan fingerprint density at radius 2 is 0.750 bits per heavy atom. The number of carbonyl (C=O) groups excluding carboxylic acids is 3. The van der Waals surface area contributed by atoms with Gasteiger partial charge in [-0.1, -0.05) is 48.5 Å². The minimum Gasteiger partial charge on any atom is -0.509 e. The number of benzene rings is 4. The van der Waals surface area contributed by atoms with Gasteiger partial charge >= 0.3 is 17.9 Å². The summed E-state index contributed by atoms with van der Waals surface area (Å²) in [4.78, 5) is 32.3.